The normalized spacial score (nSPS) is 23.1. The zero-order valence-electron chi connectivity index (χ0n) is 13.7. The number of carbonyl (C=O) groups is 1. The molecule has 2 N–H and O–H groups in total. The van der Waals surface area contributed by atoms with Gasteiger partial charge in [0.2, 0.25) is 0 Å². The standard InChI is InChI=1S/C18H22O6/c1-12(19)15(20)7-8-17-16(9-10-18(21)24-17)23-11-13-3-5-14(22-2)6-4-13/h3-10,12,15-17,19-20H,11H2,1-2H3/b8-7+/t12-,15-,16+,17+/m0/s1. The molecule has 4 atom stereocenters. The molecule has 0 unspecified atom stereocenters. The van der Waals surface area contributed by atoms with Gasteiger partial charge in [-0.1, -0.05) is 18.2 Å². The van der Waals surface area contributed by atoms with Crippen LogP contribution in [0.4, 0.5) is 0 Å². The van der Waals surface area contributed by atoms with Crippen LogP contribution in [0.1, 0.15) is 12.5 Å². The van der Waals surface area contributed by atoms with Crippen molar-refractivity contribution in [2.24, 2.45) is 0 Å². The van der Waals surface area contributed by atoms with E-state index >= 15 is 0 Å². The van der Waals surface area contributed by atoms with Crippen LogP contribution in [0.25, 0.3) is 0 Å². The second-order valence-corrected chi connectivity index (χ2v) is 5.50. The van der Waals surface area contributed by atoms with Crippen LogP contribution in [0.15, 0.2) is 48.6 Å². The third-order valence-electron chi connectivity index (χ3n) is 3.59. The Kier molecular flexibility index (Phi) is 6.54. The van der Waals surface area contributed by atoms with Crippen molar-refractivity contribution < 1.29 is 29.2 Å². The number of esters is 1. The van der Waals surface area contributed by atoms with Gasteiger partial charge in [0.25, 0.3) is 0 Å². The third-order valence-corrected chi connectivity index (χ3v) is 3.59. The average Bonchev–Trinajstić information content (AvgIpc) is 2.59. The SMILES string of the molecule is COc1ccc(CO[C@@H]2C=CC(=O)O[C@@H]2/C=C/[C@H](O)[C@H](C)O)cc1. The molecule has 1 aromatic carbocycles. The number of aliphatic hydroxyl groups excluding tert-OH is 2. The summed E-state index contributed by atoms with van der Waals surface area (Å²) in [5.41, 5.74) is 0.952. The summed E-state index contributed by atoms with van der Waals surface area (Å²) >= 11 is 0. The number of hydrogen-bond donors (Lipinski definition) is 2. The molecule has 0 aromatic heterocycles. The number of carbonyl (C=O) groups excluding carboxylic acids is 1. The summed E-state index contributed by atoms with van der Waals surface area (Å²) < 4.78 is 16.1. The molecule has 24 heavy (non-hydrogen) atoms. The molecule has 6 nitrogen and oxygen atoms in total. The van der Waals surface area contributed by atoms with Crippen molar-refractivity contribution in [2.45, 2.75) is 37.9 Å². The van der Waals surface area contributed by atoms with Gasteiger partial charge in [-0.25, -0.2) is 4.79 Å². The summed E-state index contributed by atoms with van der Waals surface area (Å²) in [5.74, 6) is 0.290. The fourth-order valence-electron chi connectivity index (χ4n) is 2.12. The van der Waals surface area contributed by atoms with E-state index < -0.39 is 30.4 Å². The zero-order valence-corrected chi connectivity index (χ0v) is 13.7. The molecule has 0 bridgehead atoms. The van der Waals surface area contributed by atoms with Crippen LogP contribution in [0.2, 0.25) is 0 Å². The number of ether oxygens (including phenoxy) is 3. The third kappa shape index (κ3) is 5.19. The first-order valence-electron chi connectivity index (χ1n) is 7.67. The summed E-state index contributed by atoms with van der Waals surface area (Å²) in [6.45, 7) is 1.80. The number of benzene rings is 1. The lowest BCUT2D eigenvalue weighted by Crippen LogP contribution is -2.34. The van der Waals surface area contributed by atoms with Crippen LogP contribution in [-0.4, -0.2) is 47.7 Å². The molecule has 0 amide bonds. The molecular weight excluding hydrogens is 312 g/mol. The van der Waals surface area contributed by atoms with E-state index in [9.17, 15) is 15.0 Å². The lowest BCUT2D eigenvalue weighted by molar-refractivity contribution is -0.148. The largest absolute Gasteiger partial charge is 0.497 e. The van der Waals surface area contributed by atoms with Gasteiger partial charge in [-0.3, -0.25) is 0 Å². The second-order valence-electron chi connectivity index (χ2n) is 5.50. The van der Waals surface area contributed by atoms with Gasteiger partial charge in [0, 0.05) is 6.08 Å². The molecule has 6 heteroatoms. The van der Waals surface area contributed by atoms with E-state index in [-0.39, 0.29) is 0 Å². The average molecular weight is 334 g/mol. The smallest absolute Gasteiger partial charge is 0.331 e. The van der Waals surface area contributed by atoms with Crippen molar-refractivity contribution in [3.05, 3.63) is 54.1 Å². The molecule has 130 valence electrons. The van der Waals surface area contributed by atoms with E-state index in [4.69, 9.17) is 14.2 Å². The molecule has 0 spiro atoms. The van der Waals surface area contributed by atoms with Crippen molar-refractivity contribution in [1.29, 1.82) is 0 Å². The molecule has 1 aromatic rings. The second kappa shape index (κ2) is 8.63. The Hall–Kier alpha value is -2.15. The molecule has 0 saturated heterocycles. The van der Waals surface area contributed by atoms with Gasteiger partial charge in [0.1, 0.15) is 11.9 Å². The highest BCUT2D eigenvalue weighted by molar-refractivity contribution is 5.83. The maximum absolute atomic E-state index is 11.4. The number of cyclic esters (lactones) is 1. The van der Waals surface area contributed by atoms with Crippen molar-refractivity contribution in [2.75, 3.05) is 7.11 Å². The van der Waals surface area contributed by atoms with Gasteiger partial charge < -0.3 is 24.4 Å². The Morgan fingerprint density at radius 3 is 2.62 bits per heavy atom. The minimum Gasteiger partial charge on any atom is -0.497 e. The highest BCUT2D eigenvalue weighted by Gasteiger charge is 2.25. The van der Waals surface area contributed by atoms with Crippen LogP contribution >= 0.6 is 0 Å². The van der Waals surface area contributed by atoms with Crippen LogP contribution in [0, 0.1) is 0 Å². The van der Waals surface area contributed by atoms with Crippen LogP contribution < -0.4 is 4.74 Å². The molecule has 0 fully saturated rings. The van der Waals surface area contributed by atoms with Crippen molar-refractivity contribution in [3.8, 4) is 5.75 Å². The minimum absolute atomic E-state index is 0.333. The molecule has 1 aliphatic rings. The first-order chi connectivity index (χ1) is 11.5. The Balaban J connectivity index is 1.99. The number of methoxy groups -OCH3 is 1. The Bertz CT molecular complexity index is 590. The summed E-state index contributed by atoms with van der Waals surface area (Å²) in [6.07, 6.45) is 2.79. The number of rotatable bonds is 7. The topological polar surface area (TPSA) is 85.2 Å². The summed E-state index contributed by atoms with van der Waals surface area (Å²) in [6, 6.07) is 7.45. The van der Waals surface area contributed by atoms with Crippen molar-refractivity contribution in [3.63, 3.8) is 0 Å². The van der Waals surface area contributed by atoms with Crippen molar-refractivity contribution in [1.82, 2.24) is 0 Å². The van der Waals surface area contributed by atoms with Gasteiger partial charge >= 0.3 is 5.97 Å². The quantitative estimate of drug-likeness (QED) is 0.578. The summed E-state index contributed by atoms with van der Waals surface area (Å²) in [7, 11) is 1.60. The summed E-state index contributed by atoms with van der Waals surface area (Å²) in [5, 5.41) is 18.9. The minimum atomic E-state index is -1.03. The Morgan fingerprint density at radius 2 is 2.00 bits per heavy atom. The molecule has 1 aliphatic heterocycles. The molecule has 0 aliphatic carbocycles. The predicted molar refractivity (Wildman–Crippen MR) is 87.4 cm³/mol. The highest BCUT2D eigenvalue weighted by atomic mass is 16.6. The maximum Gasteiger partial charge on any atom is 0.331 e. The van der Waals surface area contributed by atoms with E-state index in [1.54, 1.807) is 13.2 Å². The van der Waals surface area contributed by atoms with Crippen LogP contribution in [0.3, 0.4) is 0 Å². The van der Waals surface area contributed by atoms with Gasteiger partial charge in [-0.05, 0) is 36.8 Å². The molecular formula is C18H22O6. The lowest BCUT2D eigenvalue weighted by Gasteiger charge is -2.25. The maximum atomic E-state index is 11.4. The lowest BCUT2D eigenvalue weighted by atomic mass is 10.1. The predicted octanol–water partition coefficient (Wildman–Crippen LogP) is 1.36. The monoisotopic (exact) mass is 334 g/mol. The van der Waals surface area contributed by atoms with Crippen LogP contribution in [0.5, 0.6) is 5.75 Å². The molecule has 1 heterocycles. The van der Waals surface area contributed by atoms with E-state index in [0.29, 0.717) is 6.61 Å². The van der Waals surface area contributed by atoms with Gasteiger partial charge in [-0.2, -0.15) is 0 Å². The Morgan fingerprint density at radius 1 is 1.29 bits per heavy atom. The first-order valence-corrected chi connectivity index (χ1v) is 7.67. The number of aliphatic hydroxyl groups is 2. The highest BCUT2D eigenvalue weighted by Crippen LogP contribution is 2.18. The van der Waals surface area contributed by atoms with Gasteiger partial charge in [0.05, 0.1) is 25.9 Å². The fourth-order valence-corrected chi connectivity index (χ4v) is 2.12. The number of hydrogen-bond acceptors (Lipinski definition) is 6. The molecule has 0 radical (unpaired) electrons. The van der Waals surface area contributed by atoms with Gasteiger partial charge in [0.15, 0.2) is 6.10 Å². The van der Waals surface area contributed by atoms with Gasteiger partial charge in [-0.15, -0.1) is 0 Å². The van der Waals surface area contributed by atoms with Crippen LogP contribution in [-0.2, 0) is 20.9 Å². The molecule has 0 saturated carbocycles. The molecule has 2 rings (SSSR count). The van der Waals surface area contributed by atoms with Crippen molar-refractivity contribution >= 4 is 5.97 Å². The van der Waals surface area contributed by atoms with E-state index in [2.05, 4.69) is 0 Å². The first kappa shape index (κ1) is 18.2. The zero-order chi connectivity index (χ0) is 17.5. The fraction of sp³-hybridized carbons (Fsp3) is 0.389. The van der Waals surface area contributed by atoms with E-state index in [0.717, 1.165) is 11.3 Å². The van der Waals surface area contributed by atoms with E-state index in [1.165, 1.54) is 25.2 Å². The Labute approximate surface area is 141 Å². The van der Waals surface area contributed by atoms with E-state index in [1.807, 2.05) is 24.3 Å². The summed E-state index contributed by atoms with van der Waals surface area (Å²) in [4.78, 5) is 11.4.